The molecule has 440 valence electrons. The van der Waals surface area contributed by atoms with Crippen molar-refractivity contribution in [3.63, 3.8) is 0 Å². The molecule has 80 heavy (non-hydrogen) atoms. The molecule has 7 rings (SSSR count). The average Bonchev–Trinajstić information content (AvgIpc) is 4.43. The van der Waals surface area contributed by atoms with Crippen molar-refractivity contribution in [3.8, 4) is 0 Å². The summed E-state index contributed by atoms with van der Waals surface area (Å²) in [6, 6.07) is 2.20. The summed E-state index contributed by atoms with van der Waals surface area (Å²) in [5.41, 5.74) is 1.09. The van der Waals surface area contributed by atoms with Gasteiger partial charge in [-0.1, -0.05) is 65.5 Å². The summed E-state index contributed by atoms with van der Waals surface area (Å²) in [5, 5.41) is 0. The molecule has 5 fully saturated rings. The van der Waals surface area contributed by atoms with Crippen molar-refractivity contribution < 1.29 is 66.8 Å². The number of ether oxygens (including phenoxy) is 6. The van der Waals surface area contributed by atoms with E-state index in [0.29, 0.717) is 75.4 Å². The van der Waals surface area contributed by atoms with Gasteiger partial charge in [-0.2, -0.15) is 0 Å². The summed E-state index contributed by atoms with van der Waals surface area (Å²) in [5.74, 6) is -5.34. The SMILES string of the molecule is CC(C)C[C@H]1C(=O)O[C@H](C)C(=O)N(C)[C@@H](CC2CC2)C(=O)O[C@H](Cc2ccc(N3CCOCC3)nc2)C(=O)N(C)[C@@H](CC(C)C)C(=O)O[C@H](C)C(=O)N(C)[C@@H](CC2CC2)C(=O)O[C@H](Cc2ccc(N3CCOCC3)nc2)C(=O)N1C. The first-order valence-electron chi connectivity index (χ1n) is 28.5. The van der Waals surface area contributed by atoms with Gasteiger partial charge < -0.3 is 57.8 Å². The van der Waals surface area contributed by atoms with E-state index in [4.69, 9.17) is 28.4 Å². The third kappa shape index (κ3) is 16.4. The van der Waals surface area contributed by atoms with Crippen LogP contribution in [0.4, 0.5) is 11.6 Å². The molecule has 2 aromatic heterocycles. The third-order valence-electron chi connectivity index (χ3n) is 15.7. The number of amides is 4. The Labute approximate surface area is 470 Å². The van der Waals surface area contributed by atoms with Crippen LogP contribution in [0.2, 0.25) is 0 Å². The zero-order valence-electron chi connectivity index (χ0n) is 48.4. The van der Waals surface area contributed by atoms with Crippen LogP contribution < -0.4 is 9.80 Å². The average molecular weight is 1120 g/mol. The van der Waals surface area contributed by atoms with Crippen molar-refractivity contribution in [3.05, 3.63) is 47.8 Å². The van der Waals surface area contributed by atoms with E-state index in [-0.39, 0.29) is 62.2 Å². The second-order valence-corrected chi connectivity index (χ2v) is 23.1. The fourth-order valence-electron chi connectivity index (χ4n) is 10.4. The smallest absolute Gasteiger partial charge is 0.329 e. The van der Waals surface area contributed by atoms with E-state index in [1.807, 2.05) is 39.8 Å². The molecule has 0 N–H and O–H groups in total. The van der Waals surface area contributed by atoms with E-state index >= 15 is 0 Å². The van der Waals surface area contributed by atoms with Gasteiger partial charge in [0.2, 0.25) is 0 Å². The molecule has 2 saturated carbocycles. The lowest BCUT2D eigenvalue weighted by molar-refractivity contribution is -0.176. The van der Waals surface area contributed by atoms with Gasteiger partial charge in [0.25, 0.3) is 23.6 Å². The molecular weight excluding hydrogens is 1030 g/mol. The summed E-state index contributed by atoms with van der Waals surface area (Å²) in [7, 11) is 5.64. The fourth-order valence-corrected chi connectivity index (χ4v) is 10.4. The van der Waals surface area contributed by atoms with Gasteiger partial charge in [-0.05, 0) is 86.5 Å². The lowest BCUT2D eigenvalue weighted by atomic mass is 10.0. The van der Waals surface area contributed by atoms with Gasteiger partial charge in [0.05, 0.1) is 26.4 Å². The summed E-state index contributed by atoms with van der Waals surface area (Å²) in [6.07, 6.45) is 0.651. The number of hydrogen-bond acceptors (Lipinski definition) is 18. The molecule has 0 aromatic carbocycles. The largest absolute Gasteiger partial charge is 0.451 e. The number of aromatic nitrogens is 2. The van der Waals surface area contributed by atoms with Crippen molar-refractivity contribution in [1.29, 1.82) is 0 Å². The highest BCUT2D eigenvalue weighted by atomic mass is 16.6. The van der Waals surface area contributed by atoms with Crippen LogP contribution >= 0.6 is 0 Å². The van der Waals surface area contributed by atoms with Crippen molar-refractivity contribution in [2.75, 3.05) is 90.6 Å². The number of anilines is 2. The minimum Gasteiger partial charge on any atom is -0.451 e. The van der Waals surface area contributed by atoms with Gasteiger partial charge in [0.1, 0.15) is 35.8 Å². The molecule has 0 unspecified atom stereocenters. The Morgan fingerprint density at radius 2 is 0.787 bits per heavy atom. The van der Waals surface area contributed by atoms with Crippen molar-refractivity contribution in [2.24, 2.45) is 23.7 Å². The quantitative estimate of drug-likeness (QED) is 0.194. The van der Waals surface area contributed by atoms with Crippen LogP contribution in [0.3, 0.4) is 0 Å². The van der Waals surface area contributed by atoms with Crippen molar-refractivity contribution in [2.45, 2.75) is 154 Å². The van der Waals surface area contributed by atoms with Crippen LogP contribution in [-0.4, -0.2) is 206 Å². The molecule has 5 heterocycles. The predicted molar refractivity (Wildman–Crippen MR) is 293 cm³/mol. The maximum absolute atomic E-state index is 15.0. The van der Waals surface area contributed by atoms with Gasteiger partial charge in [-0.15, -0.1) is 0 Å². The lowest BCUT2D eigenvalue weighted by Crippen LogP contribution is -2.54. The number of cyclic esters (lactones) is 4. The summed E-state index contributed by atoms with van der Waals surface area (Å²) in [6.45, 7) is 15.0. The number of carbonyl (C=O) groups excluding carboxylic acids is 8. The van der Waals surface area contributed by atoms with Crippen LogP contribution in [0.5, 0.6) is 0 Å². The molecule has 3 aliphatic heterocycles. The maximum Gasteiger partial charge on any atom is 0.329 e. The first-order valence-corrected chi connectivity index (χ1v) is 28.5. The van der Waals surface area contributed by atoms with Gasteiger partial charge in [0, 0.05) is 79.6 Å². The Balaban J connectivity index is 1.24. The van der Waals surface area contributed by atoms with Crippen LogP contribution in [0.25, 0.3) is 0 Å². The molecule has 22 heteroatoms. The highest BCUT2D eigenvalue weighted by molar-refractivity contribution is 5.94. The number of esters is 4. The van der Waals surface area contributed by atoms with Gasteiger partial charge >= 0.3 is 23.9 Å². The third-order valence-corrected chi connectivity index (χ3v) is 15.7. The summed E-state index contributed by atoms with van der Waals surface area (Å²) in [4.78, 5) is 136. The fraction of sp³-hybridized carbons (Fsp3) is 0.690. The monoisotopic (exact) mass is 1120 g/mol. The number of rotatable bonds is 14. The van der Waals surface area contributed by atoms with Crippen LogP contribution in [0.15, 0.2) is 36.7 Å². The molecule has 22 nitrogen and oxygen atoms in total. The van der Waals surface area contributed by atoms with Gasteiger partial charge in [-0.25, -0.2) is 29.1 Å². The Morgan fingerprint density at radius 3 is 1.09 bits per heavy atom. The predicted octanol–water partition coefficient (Wildman–Crippen LogP) is 3.64. The molecule has 2 aromatic rings. The first kappa shape index (κ1) is 61.2. The minimum atomic E-state index is -1.53. The van der Waals surface area contributed by atoms with Crippen LogP contribution in [-0.2, 0) is 79.6 Å². The van der Waals surface area contributed by atoms with E-state index in [1.165, 1.54) is 61.6 Å². The molecule has 0 bridgehead atoms. The van der Waals surface area contributed by atoms with E-state index in [9.17, 15) is 38.4 Å². The van der Waals surface area contributed by atoms with Gasteiger partial charge in [-0.3, -0.25) is 19.2 Å². The van der Waals surface area contributed by atoms with E-state index < -0.39 is 96.1 Å². The van der Waals surface area contributed by atoms with E-state index in [1.54, 1.807) is 24.5 Å². The Morgan fingerprint density at radius 1 is 0.463 bits per heavy atom. The second kappa shape index (κ2) is 27.8. The summed E-state index contributed by atoms with van der Waals surface area (Å²) >= 11 is 0. The molecule has 4 amide bonds. The number of morpholine rings is 2. The Hall–Kier alpha value is -6.42. The van der Waals surface area contributed by atoms with Gasteiger partial charge in [0.15, 0.2) is 24.4 Å². The topological polar surface area (TPSA) is 237 Å². The Kier molecular flexibility index (Phi) is 21.3. The van der Waals surface area contributed by atoms with E-state index in [0.717, 1.165) is 25.7 Å². The zero-order chi connectivity index (χ0) is 57.9. The van der Waals surface area contributed by atoms with Crippen molar-refractivity contribution in [1.82, 2.24) is 29.6 Å². The van der Waals surface area contributed by atoms with Crippen LogP contribution in [0.1, 0.15) is 104 Å². The molecule has 8 atom stereocenters. The van der Waals surface area contributed by atoms with Crippen LogP contribution in [0, 0.1) is 23.7 Å². The second-order valence-electron chi connectivity index (χ2n) is 23.1. The van der Waals surface area contributed by atoms with E-state index in [2.05, 4.69) is 19.8 Å². The molecule has 5 aliphatic rings. The number of likely N-dealkylation sites (N-methyl/N-ethyl adjacent to an activating group) is 4. The first-order chi connectivity index (χ1) is 38.1. The normalized spacial score (nSPS) is 27.3. The maximum atomic E-state index is 15.0. The summed E-state index contributed by atoms with van der Waals surface area (Å²) < 4.78 is 35.3. The lowest BCUT2D eigenvalue weighted by Gasteiger charge is -2.35. The number of carbonyl (C=O) groups is 8. The standard InChI is InChI=1S/C58H84N8O14/c1-35(2)27-43-55(71)77-37(5)51(67)61(7)46(30-40-13-14-40)58(74)80-48(32-42-16-18-50(60-34-42)66-21-25-76-26-22-66)54(70)64(10)44(28-36(3)4)56(72)78-38(6)52(68)62(8)45(29-39-11-12-39)57(73)79-47(53(69)63(43)9)31-41-15-17-49(59-33-41)65-19-23-75-24-20-65/h15-18,33-40,43-48H,11-14,19-32H2,1-10H3/t37-,38-,43+,44+,45+,46+,47-,48-/m1/s1. The highest BCUT2D eigenvalue weighted by Gasteiger charge is 2.44. The number of hydrogen-bond donors (Lipinski definition) is 0. The number of pyridine rings is 2. The molecule has 0 radical (unpaired) electrons. The minimum absolute atomic E-state index is 0.0646. The zero-order valence-corrected chi connectivity index (χ0v) is 48.4. The number of nitrogens with zero attached hydrogens (tertiary/aromatic N) is 8. The molecule has 0 spiro atoms. The Bertz CT molecular complexity index is 2300. The molecular formula is C58H84N8O14. The molecule has 2 aliphatic carbocycles. The molecule has 3 saturated heterocycles. The van der Waals surface area contributed by atoms with Crippen molar-refractivity contribution >= 4 is 59.1 Å². The highest BCUT2D eigenvalue weighted by Crippen LogP contribution is 2.37.